The van der Waals surface area contributed by atoms with E-state index in [1.807, 2.05) is 27.7 Å². The Morgan fingerprint density at radius 2 is 1.37 bits per heavy atom. The van der Waals surface area contributed by atoms with Gasteiger partial charge in [-0.3, -0.25) is 0 Å². The van der Waals surface area contributed by atoms with Crippen LogP contribution in [0.4, 0.5) is 0 Å². The topological polar surface area (TPSA) is 27.3 Å². The molecule has 3 rings (SSSR count). The predicted octanol–water partition coefficient (Wildman–Crippen LogP) is 14.8. The summed E-state index contributed by atoms with van der Waals surface area (Å²) in [6.07, 6.45) is 15.7. The summed E-state index contributed by atoms with van der Waals surface area (Å²) in [7, 11) is 2.26. The molecule has 0 bridgehead atoms. The summed E-state index contributed by atoms with van der Waals surface area (Å²) in [5.41, 5.74) is 5.50. The van der Waals surface area contributed by atoms with Gasteiger partial charge in [0.2, 0.25) is 0 Å². The van der Waals surface area contributed by atoms with E-state index < -0.39 is 0 Å². The van der Waals surface area contributed by atoms with Crippen LogP contribution in [0.3, 0.4) is 0 Å². The molecule has 306 valence electrons. The molecule has 3 aliphatic carbocycles. The zero-order valence-corrected chi connectivity index (χ0v) is 37.3. The lowest BCUT2D eigenvalue weighted by molar-refractivity contribution is 0.146. The fourth-order valence-electron chi connectivity index (χ4n) is 8.70. The third-order valence-corrected chi connectivity index (χ3v) is 13.1. The molecule has 52 heavy (non-hydrogen) atoms. The fourth-order valence-corrected chi connectivity index (χ4v) is 8.70. The van der Waals surface area contributed by atoms with Crippen LogP contribution in [0, 0.1) is 46.3 Å². The molecule has 5 unspecified atom stereocenters. The molecular weight excluding hydrogens is 631 g/mol. The number of rotatable bonds is 19. The number of nitrogens with zero attached hydrogens (tertiary/aromatic N) is 1. The molecule has 0 aromatic carbocycles. The van der Waals surface area contributed by atoms with E-state index in [0.29, 0.717) is 41.0 Å². The second-order valence-corrected chi connectivity index (χ2v) is 17.4. The lowest BCUT2D eigenvalue weighted by Gasteiger charge is -2.45. The lowest BCUT2D eigenvalue weighted by Crippen LogP contribution is -2.52. The summed E-state index contributed by atoms with van der Waals surface area (Å²) < 4.78 is 0. The van der Waals surface area contributed by atoms with Crippen molar-refractivity contribution < 1.29 is 0 Å². The lowest BCUT2D eigenvalue weighted by atomic mass is 9.69. The van der Waals surface area contributed by atoms with Gasteiger partial charge in [0.15, 0.2) is 0 Å². The van der Waals surface area contributed by atoms with Crippen LogP contribution in [0.5, 0.6) is 0 Å². The van der Waals surface area contributed by atoms with E-state index in [-0.39, 0.29) is 18.9 Å². The zero-order valence-electron chi connectivity index (χ0n) is 37.3. The largest absolute Gasteiger partial charge is 0.376 e. The summed E-state index contributed by atoms with van der Waals surface area (Å²) in [5, 5.41) is 7.66. The Morgan fingerprint density at radius 3 is 1.79 bits per heavy atom. The van der Waals surface area contributed by atoms with Crippen LogP contribution >= 0.6 is 0 Å². The summed E-state index contributed by atoms with van der Waals surface area (Å²) in [5.74, 6) is 5.18. The number of hydrogen-bond donors (Lipinski definition) is 2. The third kappa shape index (κ3) is 15.5. The van der Waals surface area contributed by atoms with E-state index in [4.69, 9.17) is 6.58 Å². The molecule has 3 fully saturated rings. The zero-order chi connectivity index (χ0) is 39.7. The van der Waals surface area contributed by atoms with Crippen LogP contribution in [-0.4, -0.2) is 30.6 Å². The maximum atomic E-state index is 4.71. The van der Waals surface area contributed by atoms with Gasteiger partial charge in [-0.15, -0.1) is 0 Å². The molecule has 0 saturated heterocycles. The van der Waals surface area contributed by atoms with E-state index in [2.05, 4.69) is 118 Å². The van der Waals surface area contributed by atoms with Crippen molar-refractivity contribution in [2.24, 2.45) is 46.3 Å². The van der Waals surface area contributed by atoms with Gasteiger partial charge < -0.3 is 15.5 Å². The summed E-state index contributed by atoms with van der Waals surface area (Å²) >= 11 is 0. The van der Waals surface area contributed by atoms with Crippen molar-refractivity contribution in [3.63, 3.8) is 0 Å². The van der Waals surface area contributed by atoms with Crippen molar-refractivity contribution in [2.75, 3.05) is 13.6 Å². The molecule has 0 aromatic rings. The maximum absolute atomic E-state index is 4.71. The van der Waals surface area contributed by atoms with Gasteiger partial charge in [-0.2, -0.15) is 0 Å². The van der Waals surface area contributed by atoms with Gasteiger partial charge in [-0.1, -0.05) is 191 Å². The Bertz CT molecular complexity index is 1050. The third-order valence-electron chi connectivity index (χ3n) is 13.1. The van der Waals surface area contributed by atoms with E-state index in [1.54, 1.807) is 0 Å². The normalized spacial score (nSPS) is 22.4. The molecule has 0 radical (unpaired) electrons. The molecule has 7 atom stereocenters. The van der Waals surface area contributed by atoms with Crippen molar-refractivity contribution in [1.29, 1.82) is 0 Å². The molecule has 0 heterocycles. The first-order valence-electron chi connectivity index (χ1n) is 21.5. The Morgan fingerprint density at radius 1 is 0.827 bits per heavy atom. The highest BCUT2D eigenvalue weighted by Crippen LogP contribution is 2.63. The van der Waals surface area contributed by atoms with Crippen molar-refractivity contribution in [3.05, 3.63) is 61.1 Å². The first kappa shape index (κ1) is 52.2. The minimum atomic E-state index is 0. The Labute approximate surface area is 329 Å². The van der Waals surface area contributed by atoms with Crippen molar-refractivity contribution in [2.45, 2.75) is 193 Å². The number of hydrogen-bond acceptors (Lipinski definition) is 3. The van der Waals surface area contributed by atoms with Gasteiger partial charge in [-0.05, 0) is 85.9 Å². The average Bonchev–Trinajstić information content (AvgIpc) is 3.63. The predicted molar refractivity (Wildman–Crippen MR) is 240 cm³/mol. The molecule has 3 aliphatic rings. The SMILES string of the molecule is C.C=C(C)C(=C)C(C)CC1CCC1.C=C(NC(CCC)C(C)CC)NC(C(=C)N(C)C[C@H]1[C@@H](C(C)C(=C)C)C1(C)C)C1(C)CCCCC1.CC.CC. The van der Waals surface area contributed by atoms with Gasteiger partial charge in [0, 0.05) is 25.3 Å². The smallest absolute Gasteiger partial charge is 0.0920 e. The van der Waals surface area contributed by atoms with Gasteiger partial charge in [0.1, 0.15) is 0 Å². The molecule has 3 heteroatoms. The standard InChI is InChI=1S/C32H59N3.C12H20.2C2H6.CH4/c1-13-18-28(23(5)14-2)33-26(8)34-30(32(11)19-16-15-17-20-32)25(7)35(12)21-27-29(31(27,9)10)24(6)22(3)4;1-9(2)11(4)10(3)8-12-6-5-7-12;2*1-2;/h23-24,27-30,33-34H,3,7-8,13-21H2,1-2,4-6,9-12H3;10,12H,1,4-8H2,2-3H3;2*1-2H3;1H4/t23?,24?,27-,28?,29+,30?;;;;/m0..../s1. The van der Waals surface area contributed by atoms with Crippen molar-refractivity contribution in [1.82, 2.24) is 15.5 Å². The van der Waals surface area contributed by atoms with E-state index >= 15 is 0 Å². The van der Waals surface area contributed by atoms with Crippen molar-refractivity contribution in [3.8, 4) is 0 Å². The summed E-state index contributed by atoms with van der Waals surface area (Å²) in [6.45, 7) is 53.6. The number of allylic oxidation sites excluding steroid dienone is 3. The first-order chi connectivity index (χ1) is 23.9. The molecule has 3 nitrogen and oxygen atoms in total. The maximum Gasteiger partial charge on any atom is 0.0920 e. The highest BCUT2D eigenvalue weighted by molar-refractivity contribution is 5.25. The highest BCUT2D eigenvalue weighted by Gasteiger charge is 2.59. The van der Waals surface area contributed by atoms with Crippen LogP contribution in [-0.2, 0) is 0 Å². The molecule has 3 saturated carbocycles. The van der Waals surface area contributed by atoms with Gasteiger partial charge in [0.05, 0.1) is 11.9 Å². The van der Waals surface area contributed by atoms with Crippen LogP contribution in [0.2, 0.25) is 0 Å². The van der Waals surface area contributed by atoms with Crippen LogP contribution in [0.25, 0.3) is 0 Å². The van der Waals surface area contributed by atoms with E-state index in [9.17, 15) is 0 Å². The summed E-state index contributed by atoms with van der Waals surface area (Å²) in [4.78, 5) is 2.46. The summed E-state index contributed by atoms with van der Waals surface area (Å²) in [6, 6.07) is 0.665. The van der Waals surface area contributed by atoms with Crippen molar-refractivity contribution >= 4 is 0 Å². The minimum absolute atomic E-state index is 0. The highest BCUT2D eigenvalue weighted by atomic mass is 15.2. The molecule has 0 spiro atoms. The molecule has 0 amide bonds. The Hall–Kier alpha value is -1.90. The molecular formula is C49H95N3. The molecule has 0 aliphatic heterocycles. The minimum Gasteiger partial charge on any atom is -0.376 e. The Balaban J connectivity index is 0. The first-order valence-corrected chi connectivity index (χ1v) is 21.5. The second-order valence-electron chi connectivity index (χ2n) is 17.4. The number of likely N-dealkylation sites (N-methyl/N-ethyl adjacent to an activating group) is 1. The quantitative estimate of drug-likeness (QED) is 0.103. The number of nitrogens with one attached hydrogen (secondary N) is 2. The van der Waals surface area contributed by atoms with E-state index in [1.165, 1.54) is 93.9 Å². The second kappa shape index (κ2) is 25.2. The average molecular weight is 726 g/mol. The Kier molecular flexibility index (Phi) is 25.3. The molecule has 0 aromatic heterocycles. The van der Waals surface area contributed by atoms with Crippen LogP contribution in [0.15, 0.2) is 61.1 Å². The van der Waals surface area contributed by atoms with Crippen LogP contribution < -0.4 is 10.6 Å². The molecule has 2 N–H and O–H groups in total. The van der Waals surface area contributed by atoms with Gasteiger partial charge >= 0.3 is 0 Å². The van der Waals surface area contributed by atoms with E-state index in [0.717, 1.165) is 23.9 Å². The van der Waals surface area contributed by atoms with Gasteiger partial charge in [0.25, 0.3) is 0 Å². The van der Waals surface area contributed by atoms with Crippen LogP contribution in [0.1, 0.15) is 181 Å². The van der Waals surface area contributed by atoms with Gasteiger partial charge in [-0.25, -0.2) is 0 Å². The fraction of sp³-hybridized carbons (Fsp3) is 0.796. The monoisotopic (exact) mass is 726 g/mol.